The lowest BCUT2D eigenvalue weighted by molar-refractivity contribution is -0.120. The van der Waals surface area contributed by atoms with Crippen molar-refractivity contribution in [2.45, 2.75) is 39.0 Å². The number of carbonyl (C=O) groups excluding carboxylic acids is 1. The van der Waals surface area contributed by atoms with Crippen molar-refractivity contribution < 1.29 is 9.18 Å². The van der Waals surface area contributed by atoms with Crippen molar-refractivity contribution in [3.05, 3.63) is 35.6 Å². The highest BCUT2D eigenvalue weighted by Crippen LogP contribution is 2.18. The molecule has 0 fully saturated rings. The average Bonchev–Trinajstić information content (AvgIpc) is 2.48. The molecule has 6 heteroatoms. The van der Waals surface area contributed by atoms with Crippen LogP contribution >= 0.6 is 24.0 Å². The number of thiocarbonyl (C=S) groups is 1. The van der Waals surface area contributed by atoms with Gasteiger partial charge >= 0.3 is 0 Å². The third-order valence-corrected chi connectivity index (χ3v) is 4.97. The third-order valence-electron chi connectivity index (χ3n) is 3.40. The first-order chi connectivity index (χ1) is 10.4. The monoisotopic (exact) mass is 342 g/mol. The predicted octanol–water partition coefficient (Wildman–Crippen LogP) is 3.75. The summed E-state index contributed by atoms with van der Waals surface area (Å²) < 4.78 is 13.7. The summed E-state index contributed by atoms with van der Waals surface area (Å²) in [6.45, 7) is 9.47. The van der Waals surface area contributed by atoms with E-state index >= 15 is 0 Å². The first kappa shape index (κ1) is 18.9. The number of amides is 1. The normalized spacial score (nSPS) is 13.3. The Morgan fingerprint density at radius 2 is 1.82 bits per heavy atom. The van der Waals surface area contributed by atoms with Gasteiger partial charge in [0, 0.05) is 13.1 Å². The van der Waals surface area contributed by atoms with Gasteiger partial charge in [-0.2, -0.15) is 0 Å². The van der Waals surface area contributed by atoms with E-state index in [2.05, 4.69) is 5.32 Å². The quantitative estimate of drug-likeness (QED) is 0.798. The number of nitrogens with one attached hydrogen (secondary N) is 1. The van der Waals surface area contributed by atoms with Crippen LogP contribution in [-0.4, -0.2) is 33.5 Å². The Bertz CT molecular complexity index is 503. The summed E-state index contributed by atoms with van der Waals surface area (Å²) >= 11 is 6.75. The lowest BCUT2D eigenvalue weighted by Crippen LogP contribution is -2.35. The molecular formula is C16H23FN2OS2. The summed E-state index contributed by atoms with van der Waals surface area (Å²) in [4.78, 5) is 14.3. The molecule has 22 heavy (non-hydrogen) atoms. The van der Waals surface area contributed by atoms with E-state index in [9.17, 15) is 9.18 Å². The van der Waals surface area contributed by atoms with Gasteiger partial charge in [-0.1, -0.05) is 36.1 Å². The summed E-state index contributed by atoms with van der Waals surface area (Å²) in [7, 11) is 0. The van der Waals surface area contributed by atoms with E-state index in [-0.39, 0.29) is 23.0 Å². The molecule has 0 spiro atoms. The van der Waals surface area contributed by atoms with E-state index in [1.807, 2.05) is 32.6 Å². The Labute approximate surface area is 141 Å². The second-order valence-corrected chi connectivity index (χ2v) is 6.95. The van der Waals surface area contributed by atoms with Gasteiger partial charge in [0.25, 0.3) is 0 Å². The molecule has 0 saturated carbocycles. The minimum atomic E-state index is -0.282. The molecule has 2 unspecified atom stereocenters. The number of hydrogen-bond donors (Lipinski definition) is 1. The number of rotatable bonds is 6. The molecule has 2 atom stereocenters. The molecule has 1 rings (SSSR count). The standard InChI is InChI=1S/C16H23FN2OS2/c1-5-19(6-2)16(21)22-12(4)15(20)18-11(3)13-7-9-14(17)10-8-13/h7-12H,5-6H2,1-4H3,(H,18,20). The molecule has 0 aromatic heterocycles. The maximum absolute atomic E-state index is 12.9. The van der Waals surface area contributed by atoms with Crippen LogP contribution in [0.3, 0.4) is 0 Å². The zero-order chi connectivity index (χ0) is 16.7. The number of nitrogens with zero attached hydrogens (tertiary/aromatic N) is 1. The topological polar surface area (TPSA) is 32.3 Å². The summed E-state index contributed by atoms with van der Waals surface area (Å²) in [5.74, 6) is -0.355. The molecule has 0 aliphatic heterocycles. The predicted molar refractivity (Wildman–Crippen MR) is 95.5 cm³/mol. The SMILES string of the molecule is CCN(CC)C(=S)SC(C)C(=O)NC(C)c1ccc(F)cc1. The number of hydrogen-bond acceptors (Lipinski definition) is 3. The van der Waals surface area contributed by atoms with Crippen LogP contribution in [-0.2, 0) is 4.79 Å². The van der Waals surface area contributed by atoms with Crippen LogP contribution in [0.5, 0.6) is 0 Å². The van der Waals surface area contributed by atoms with Crippen molar-refractivity contribution in [2.24, 2.45) is 0 Å². The van der Waals surface area contributed by atoms with Crippen molar-refractivity contribution in [3.63, 3.8) is 0 Å². The van der Waals surface area contributed by atoms with E-state index in [0.717, 1.165) is 23.0 Å². The van der Waals surface area contributed by atoms with Crippen LogP contribution in [0.2, 0.25) is 0 Å². The zero-order valence-electron chi connectivity index (χ0n) is 13.4. The first-order valence-corrected chi connectivity index (χ1v) is 8.69. The maximum atomic E-state index is 12.9. The Hall–Kier alpha value is -1.14. The molecule has 0 aliphatic rings. The van der Waals surface area contributed by atoms with Gasteiger partial charge in [-0.3, -0.25) is 4.79 Å². The average molecular weight is 343 g/mol. The van der Waals surface area contributed by atoms with Crippen molar-refractivity contribution in [1.29, 1.82) is 0 Å². The lowest BCUT2D eigenvalue weighted by atomic mass is 10.1. The van der Waals surface area contributed by atoms with Gasteiger partial charge in [-0.15, -0.1) is 0 Å². The molecular weight excluding hydrogens is 319 g/mol. The second kappa shape index (κ2) is 9.10. The van der Waals surface area contributed by atoms with Crippen molar-refractivity contribution in [2.75, 3.05) is 13.1 Å². The molecule has 0 bridgehead atoms. The fraction of sp³-hybridized carbons (Fsp3) is 0.500. The molecule has 0 aliphatic carbocycles. The smallest absolute Gasteiger partial charge is 0.233 e. The van der Waals surface area contributed by atoms with Crippen molar-refractivity contribution in [3.8, 4) is 0 Å². The van der Waals surface area contributed by atoms with Gasteiger partial charge < -0.3 is 10.2 Å². The van der Waals surface area contributed by atoms with Crippen LogP contribution in [0.25, 0.3) is 0 Å². The van der Waals surface area contributed by atoms with E-state index in [0.29, 0.717) is 0 Å². The molecule has 1 aromatic carbocycles. The lowest BCUT2D eigenvalue weighted by Gasteiger charge is -2.23. The Morgan fingerprint density at radius 1 is 1.27 bits per heavy atom. The Kier molecular flexibility index (Phi) is 7.82. The molecule has 0 saturated heterocycles. The van der Waals surface area contributed by atoms with Gasteiger partial charge in [0.1, 0.15) is 10.1 Å². The van der Waals surface area contributed by atoms with Crippen LogP contribution in [0.4, 0.5) is 4.39 Å². The first-order valence-electron chi connectivity index (χ1n) is 7.40. The van der Waals surface area contributed by atoms with Crippen LogP contribution in [0, 0.1) is 5.82 Å². The number of halogens is 1. The highest BCUT2D eigenvalue weighted by molar-refractivity contribution is 8.23. The largest absolute Gasteiger partial charge is 0.358 e. The van der Waals surface area contributed by atoms with Crippen LogP contribution in [0.15, 0.2) is 24.3 Å². The second-order valence-electron chi connectivity index (χ2n) is 4.98. The van der Waals surface area contributed by atoms with E-state index in [1.54, 1.807) is 12.1 Å². The Balaban J connectivity index is 2.56. The molecule has 1 N–H and O–H groups in total. The van der Waals surface area contributed by atoms with Crippen LogP contribution in [0.1, 0.15) is 39.3 Å². The highest BCUT2D eigenvalue weighted by atomic mass is 32.2. The summed E-state index contributed by atoms with van der Waals surface area (Å²) in [5, 5.41) is 2.67. The van der Waals surface area contributed by atoms with Gasteiger partial charge in [0.15, 0.2) is 0 Å². The maximum Gasteiger partial charge on any atom is 0.233 e. The summed E-state index contributed by atoms with van der Waals surface area (Å²) in [6.07, 6.45) is 0. The fourth-order valence-electron chi connectivity index (χ4n) is 1.93. The van der Waals surface area contributed by atoms with Crippen molar-refractivity contribution >= 4 is 34.2 Å². The minimum absolute atomic E-state index is 0.0728. The summed E-state index contributed by atoms with van der Waals surface area (Å²) in [6, 6.07) is 5.98. The molecule has 3 nitrogen and oxygen atoms in total. The molecule has 1 aromatic rings. The molecule has 122 valence electrons. The molecule has 0 radical (unpaired) electrons. The van der Waals surface area contributed by atoms with Gasteiger partial charge in [-0.05, 0) is 45.4 Å². The van der Waals surface area contributed by atoms with Crippen LogP contribution < -0.4 is 5.32 Å². The Morgan fingerprint density at radius 3 is 2.32 bits per heavy atom. The third kappa shape index (κ3) is 5.57. The number of thioether (sulfide) groups is 1. The van der Waals surface area contributed by atoms with E-state index in [1.165, 1.54) is 23.9 Å². The van der Waals surface area contributed by atoms with E-state index in [4.69, 9.17) is 12.2 Å². The minimum Gasteiger partial charge on any atom is -0.358 e. The van der Waals surface area contributed by atoms with Gasteiger partial charge in [-0.25, -0.2) is 4.39 Å². The zero-order valence-corrected chi connectivity index (χ0v) is 15.1. The fourth-order valence-corrected chi connectivity index (χ4v) is 3.50. The molecule has 0 heterocycles. The number of benzene rings is 1. The van der Waals surface area contributed by atoms with E-state index < -0.39 is 0 Å². The highest BCUT2D eigenvalue weighted by Gasteiger charge is 2.20. The van der Waals surface area contributed by atoms with Crippen molar-refractivity contribution in [1.82, 2.24) is 10.2 Å². The molecule has 1 amide bonds. The van der Waals surface area contributed by atoms with Gasteiger partial charge in [0.2, 0.25) is 5.91 Å². The summed E-state index contributed by atoms with van der Waals surface area (Å²) in [5.41, 5.74) is 0.873. The number of carbonyl (C=O) groups is 1. The van der Waals surface area contributed by atoms with Gasteiger partial charge in [0.05, 0.1) is 11.3 Å².